The highest BCUT2D eigenvalue weighted by Crippen LogP contribution is 2.17. The minimum absolute atomic E-state index is 0.420. The van der Waals surface area contributed by atoms with E-state index in [2.05, 4.69) is 24.5 Å². The number of rotatable bonds is 5. The normalized spacial score (nSPS) is 12.0. The molecule has 0 atom stereocenters. The van der Waals surface area contributed by atoms with Crippen LogP contribution in [-0.4, -0.2) is 27.2 Å². The van der Waals surface area contributed by atoms with Crippen molar-refractivity contribution < 1.29 is 0 Å². The van der Waals surface area contributed by atoms with Crippen molar-refractivity contribution in [2.75, 3.05) is 27.2 Å². The van der Waals surface area contributed by atoms with Crippen LogP contribution in [0.25, 0.3) is 0 Å². The van der Waals surface area contributed by atoms with Crippen LogP contribution in [0.15, 0.2) is 0 Å². The Bertz CT molecular complexity index is 75.3. The molecule has 2 N–H and O–H groups in total. The van der Waals surface area contributed by atoms with E-state index >= 15 is 0 Å². The molecule has 0 spiro atoms. The number of nitrogens with one attached hydrogen (secondary N) is 2. The molecule has 0 amide bonds. The maximum Gasteiger partial charge on any atom is 0.00142 e. The fourth-order valence-electron chi connectivity index (χ4n) is 1.17. The van der Waals surface area contributed by atoms with Crippen molar-refractivity contribution >= 4 is 0 Å². The van der Waals surface area contributed by atoms with Gasteiger partial charge in [0.2, 0.25) is 0 Å². The Morgan fingerprint density at radius 3 is 1.70 bits per heavy atom. The third-order valence-electron chi connectivity index (χ3n) is 2.06. The van der Waals surface area contributed by atoms with Crippen LogP contribution < -0.4 is 10.6 Å². The molecule has 0 bridgehead atoms. The van der Waals surface area contributed by atoms with Crippen molar-refractivity contribution in [2.24, 2.45) is 5.41 Å². The van der Waals surface area contributed by atoms with Crippen molar-refractivity contribution in [1.29, 1.82) is 0 Å². The van der Waals surface area contributed by atoms with Gasteiger partial charge in [0.15, 0.2) is 0 Å². The quantitative estimate of drug-likeness (QED) is 0.597. The summed E-state index contributed by atoms with van der Waals surface area (Å²) in [5.74, 6) is 0. The first-order valence-electron chi connectivity index (χ1n) is 3.97. The van der Waals surface area contributed by atoms with Crippen LogP contribution in [0.3, 0.4) is 0 Å². The van der Waals surface area contributed by atoms with Gasteiger partial charge in [0.05, 0.1) is 0 Å². The average molecular weight is 144 g/mol. The first kappa shape index (κ1) is 9.92. The zero-order valence-electron chi connectivity index (χ0n) is 7.62. The van der Waals surface area contributed by atoms with Crippen LogP contribution >= 0.6 is 0 Å². The number of hydrogen-bond acceptors (Lipinski definition) is 2. The van der Waals surface area contributed by atoms with Crippen LogP contribution in [0.1, 0.15) is 20.3 Å². The third kappa shape index (κ3) is 3.18. The molecule has 2 heteroatoms. The van der Waals surface area contributed by atoms with Crippen molar-refractivity contribution in [2.45, 2.75) is 20.3 Å². The Hall–Kier alpha value is -0.0800. The minimum atomic E-state index is 0.420. The van der Waals surface area contributed by atoms with Gasteiger partial charge in [-0.2, -0.15) is 0 Å². The number of hydrogen-bond donors (Lipinski definition) is 2. The van der Waals surface area contributed by atoms with E-state index in [-0.39, 0.29) is 0 Å². The van der Waals surface area contributed by atoms with Crippen LogP contribution in [0.2, 0.25) is 0 Å². The lowest BCUT2D eigenvalue weighted by Crippen LogP contribution is -2.37. The summed E-state index contributed by atoms with van der Waals surface area (Å²) < 4.78 is 0. The molecule has 0 aromatic rings. The lowest BCUT2D eigenvalue weighted by molar-refractivity contribution is 0.293. The van der Waals surface area contributed by atoms with Gasteiger partial charge in [0.1, 0.15) is 0 Å². The highest BCUT2D eigenvalue weighted by molar-refractivity contribution is 4.76. The molecule has 2 nitrogen and oxygen atoms in total. The fraction of sp³-hybridized carbons (Fsp3) is 1.00. The summed E-state index contributed by atoms with van der Waals surface area (Å²) in [7, 11) is 4.01. The summed E-state index contributed by atoms with van der Waals surface area (Å²) in [4.78, 5) is 0. The lowest BCUT2D eigenvalue weighted by atomic mass is 9.87. The maximum absolute atomic E-state index is 3.20. The van der Waals surface area contributed by atoms with E-state index in [1.807, 2.05) is 14.1 Å². The first-order valence-corrected chi connectivity index (χ1v) is 3.97. The first-order chi connectivity index (χ1) is 4.68. The molecular weight excluding hydrogens is 124 g/mol. The summed E-state index contributed by atoms with van der Waals surface area (Å²) in [5.41, 5.74) is 0.420. The summed E-state index contributed by atoms with van der Waals surface area (Å²) in [6, 6.07) is 0. The molecule has 0 aromatic heterocycles. The zero-order chi connectivity index (χ0) is 8.04. The van der Waals surface area contributed by atoms with E-state index in [0.29, 0.717) is 5.41 Å². The summed E-state index contributed by atoms with van der Waals surface area (Å²) in [5, 5.41) is 6.41. The summed E-state index contributed by atoms with van der Waals surface area (Å²) >= 11 is 0. The third-order valence-corrected chi connectivity index (χ3v) is 2.06. The van der Waals surface area contributed by atoms with Gasteiger partial charge in [0.25, 0.3) is 0 Å². The molecule has 0 aliphatic heterocycles. The maximum atomic E-state index is 3.20. The van der Waals surface area contributed by atoms with Gasteiger partial charge in [-0.1, -0.05) is 13.8 Å². The Balaban J connectivity index is 3.69. The standard InChI is InChI=1S/C8H20N2/c1-5-8(2,6-9-3)7-10-4/h9-10H,5-7H2,1-4H3. The molecule has 0 saturated carbocycles. The topological polar surface area (TPSA) is 24.1 Å². The van der Waals surface area contributed by atoms with Crippen LogP contribution in [-0.2, 0) is 0 Å². The van der Waals surface area contributed by atoms with Crippen molar-refractivity contribution in [1.82, 2.24) is 10.6 Å². The van der Waals surface area contributed by atoms with E-state index in [1.165, 1.54) is 6.42 Å². The van der Waals surface area contributed by atoms with Crippen molar-refractivity contribution in [3.05, 3.63) is 0 Å². The van der Waals surface area contributed by atoms with Gasteiger partial charge >= 0.3 is 0 Å². The SMILES string of the molecule is CCC(C)(CNC)CNC. The van der Waals surface area contributed by atoms with E-state index in [1.54, 1.807) is 0 Å². The fourth-order valence-corrected chi connectivity index (χ4v) is 1.17. The van der Waals surface area contributed by atoms with Gasteiger partial charge in [-0.25, -0.2) is 0 Å². The Morgan fingerprint density at radius 2 is 1.50 bits per heavy atom. The predicted octanol–water partition coefficient (Wildman–Crippen LogP) is 0.842. The zero-order valence-corrected chi connectivity index (χ0v) is 7.62. The molecular formula is C8H20N2. The second kappa shape index (κ2) is 4.69. The molecule has 10 heavy (non-hydrogen) atoms. The van der Waals surface area contributed by atoms with E-state index in [9.17, 15) is 0 Å². The Labute approximate surface area is 64.4 Å². The van der Waals surface area contributed by atoms with Crippen LogP contribution in [0, 0.1) is 5.41 Å². The highest BCUT2D eigenvalue weighted by atomic mass is 14.9. The predicted molar refractivity (Wildman–Crippen MR) is 46.3 cm³/mol. The van der Waals surface area contributed by atoms with Crippen LogP contribution in [0.4, 0.5) is 0 Å². The molecule has 0 fully saturated rings. The van der Waals surface area contributed by atoms with Crippen LogP contribution in [0.5, 0.6) is 0 Å². The second-order valence-electron chi connectivity index (χ2n) is 3.22. The Morgan fingerprint density at radius 1 is 1.10 bits per heavy atom. The largest absolute Gasteiger partial charge is 0.319 e. The summed E-state index contributed by atoms with van der Waals surface area (Å²) in [6.07, 6.45) is 1.22. The van der Waals surface area contributed by atoms with Crippen molar-refractivity contribution in [3.8, 4) is 0 Å². The smallest absolute Gasteiger partial charge is 0.00142 e. The van der Waals surface area contributed by atoms with Crippen molar-refractivity contribution in [3.63, 3.8) is 0 Å². The van der Waals surface area contributed by atoms with E-state index in [4.69, 9.17) is 0 Å². The van der Waals surface area contributed by atoms with E-state index < -0.39 is 0 Å². The van der Waals surface area contributed by atoms with E-state index in [0.717, 1.165) is 13.1 Å². The molecule has 0 unspecified atom stereocenters. The van der Waals surface area contributed by atoms with Gasteiger partial charge in [-0.15, -0.1) is 0 Å². The molecule has 0 aliphatic rings. The monoisotopic (exact) mass is 144 g/mol. The molecule has 0 rings (SSSR count). The van der Waals surface area contributed by atoms with Gasteiger partial charge in [0, 0.05) is 13.1 Å². The molecule has 0 aromatic carbocycles. The van der Waals surface area contributed by atoms with Gasteiger partial charge in [-0.3, -0.25) is 0 Å². The molecule has 62 valence electrons. The second-order valence-corrected chi connectivity index (χ2v) is 3.22. The summed E-state index contributed by atoms with van der Waals surface area (Å²) in [6.45, 7) is 6.70. The molecule has 0 heterocycles. The lowest BCUT2D eigenvalue weighted by Gasteiger charge is -2.27. The van der Waals surface area contributed by atoms with Gasteiger partial charge < -0.3 is 10.6 Å². The molecule has 0 aliphatic carbocycles. The highest BCUT2D eigenvalue weighted by Gasteiger charge is 2.19. The average Bonchev–Trinajstić information content (AvgIpc) is 1.89. The Kier molecular flexibility index (Phi) is 4.65. The minimum Gasteiger partial charge on any atom is -0.319 e. The molecule has 0 saturated heterocycles. The molecule has 0 radical (unpaired) electrons. The van der Waals surface area contributed by atoms with Gasteiger partial charge in [-0.05, 0) is 25.9 Å².